The molecule has 1 saturated heterocycles. The van der Waals surface area contributed by atoms with Gasteiger partial charge in [-0.3, -0.25) is 10.1 Å². The van der Waals surface area contributed by atoms with E-state index in [0.717, 1.165) is 16.2 Å². The van der Waals surface area contributed by atoms with E-state index in [0.29, 0.717) is 16.5 Å². The van der Waals surface area contributed by atoms with E-state index in [-0.39, 0.29) is 5.91 Å². The molecule has 1 unspecified atom stereocenters. The van der Waals surface area contributed by atoms with Crippen molar-refractivity contribution in [2.45, 2.75) is 16.9 Å². The molecule has 1 aromatic carbocycles. The number of amides is 3. The van der Waals surface area contributed by atoms with Gasteiger partial charge in [-0.05, 0) is 18.6 Å². The Bertz CT molecular complexity index is 578. The summed E-state index contributed by atoms with van der Waals surface area (Å²) in [6.45, 7) is 0. The number of nitrogens with one attached hydrogen (secondary N) is 2. The maximum absolute atomic E-state index is 12.0. The Morgan fingerprint density at radius 1 is 1.22 bits per heavy atom. The van der Waals surface area contributed by atoms with Crippen LogP contribution in [0.25, 0.3) is 0 Å². The summed E-state index contributed by atoms with van der Waals surface area (Å²) in [6.07, 6.45) is 0.542. The van der Waals surface area contributed by atoms with Gasteiger partial charge in [0, 0.05) is 16.2 Å². The molecule has 2 aliphatic rings. The summed E-state index contributed by atoms with van der Waals surface area (Å²) in [6, 6.07) is 2.93. The minimum Gasteiger partial charge on any atom is -0.319 e. The largest absolute Gasteiger partial charge is 0.322 e. The van der Waals surface area contributed by atoms with E-state index >= 15 is 0 Å². The SMILES string of the molecule is O=C1NC(=O)C2(CCSc3cc(Cl)c(Cl)cc32)N1. The molecule has 0 bridgehead atoms. The van der Waals surface area contributed by atoms with Crippen molar-refractivity contribution in [2.75, 3.05) is 5.75 Å². The summed E-state index contributed by atoms with van der Waals surface area (Å²) in [7, 11) is 0. The molecule has 1 aromatic rings. The molecule has 3 amide bonds. The van der Waals surface area contributed by atoms with Gasteiger partial charge < -0.3 is 5.32 Å². The van der Waals surface area contributed by atoms with E-state index in [9.17, 15) is 9.59 Å². The van der Waals surface area contributed by atoms with E-state index in [1.165, 1.54) is 0 Å². The molecule has 1 spiro atoms. The summed E-state index contributed by atoms with van der Waals surface area (Å²) in [5.41, 5.74) is -0.275. The lowest BCUT2D eigenvalue weighted by atomic mass is 9.87. The van der Waals surface area contributed by atoms with Crippen LogP contribution in [-0.2, 0) is 10.3 Å². The topological polar surface area (TPSA) is 58.2 Å². The van der Waals surface area contributed by atoms with Crippen LogP contribution in [0.15, 0.2) is 17.0 Å². The Balaban J connectivity index is 2.20. The number of hydrogen-bond donors (Lipinski definition) is 2. The Hall–Kier alpha value is -0.910. The first-order valence-corrected chi connectivity index (χ1v) is 7.03. The molecule has 1 fully saturated rings. The lowest BCUT2D eigenvalue weighted by molar-refractivity contribution is -0.124. The summed E-state index contributed by atoms with van der Waals surface area (Å²) in [4.78, 5) is 24.3. The molecule has 0 saturated carbocycles. The number of imide groups is 1. The maximum atomic E-state index is 12.0. The van der Waals surface area contributed by atoms with Crippen molar-refractivity contribution < 1.29 is 9.59 Å². The highest BCUT2D eigenvalue weighted by molar-refractivity contribution is 7.99. The first-order valence-electron chi connectivity index (χ1n) is 5.29. The molecule has 3 rings (SSSR count). The van der Waals surface area contributed by atoms with Crippen LogP contribution in [0.4, 0.5) is 4.79 Å². The van der Waals surface area contributed by atoms with Crippen LogP contribution in [0.1, 0.15) is 12.0 Å². The van der Waals surface area contributed by atoms with Gasteiger partial charge in [0.25, 0.3) is 5.91 Å². The normalized spacial score (nSPS) is 25.9. The third kappa shape index (κ3) is 1.61. The van der Waals surface area contributed by atoms with E-state index in [1.807, 2.05) is 0 Å². The van der Waals surface area contributed by atoms with Crippen LogP contribution < -0.4 is 10.6 Å². The molecular weight excluding hydrogens is 295 g/mol. The highest BCUT2D eigenvalue weighted by atomic mass is 35.5. The fourth-order valence-electron chi connectivity index (χ4n) is 2.29. The zero-order chi connectivity index (χ0) is 12.9. The number of hydrogen-bond acceptors (Lipinski definition) is 3. The average molecular weight is 303 g/mol. The van der Waals surface area contributed by atoms with Crippen LogP contribution in [0.5, 0.6) is 0 Å². The van der Waals surface area contributed by atoms with Gasteiger partial charge in [-0.15, -0.1) is 11.8 Å². The number of fused-ring (bicyclic) bond motifs is 2. The number of benzene rings is 1. The summed E-state index contributed by atoms with van der Waals surface area (Å²) < 4.78 is 0. The number of halogens is 2. The van der Waals surface area contributed by atoms with Gasteiger partial charge in [-0.1, -0.05) is 23.2 Å². The number of carbonyl (C=O) groups excluding carboxylic acids is 2. The van der Waals surface area contributed by atoms with Crippen LogP contribution in [-0.4, -0.2) is 17.7 Å². The predicted molar refractivity (Wildman–Crippen MR) is 70.2 cm³/mol. The van der Waals surface area contributed by atoms with Crippen molar-refractivity contribution in [1.82, 2.24) is 10.6 Å². The number of carbonyl (C=O) groups is 2. The first-order chi connectivity index (χ1) is 8.53. The van der Waals surface area contributed by atoms with Crippen LogP contribution in [0.3, 0.4) is 0 Å². The van der Waals surface area contributed by atoms with E-state index < -0.39 is 11.6 Å². The van der Waals surface area contributed by atoms with Crippen LogP contribution in [0, 0.1) is 0 Å². The predicted octanol–water partition coefficient (Wildman–Crippen LogP) is 2.52. The third-order valence-corrected chi connectivity index (χ3v) is 4.94. The summed E-state index contributed by atoms with van der Waals surface area (Å²) >= 11 is 13.6. The van der Waals surface area contributed by atoms with Gasteiger partial charge in [0.2, 0.25) is 0 Å². The Morgan fingerprint density at radius 3 is 2.61 bits per heavy atom. The fourth-order valence-corrected chi connectivity index (χ4v) is 3.90. The first kappa shape index (κ1) is 12.1. The lowest BCUT2D eigenvalue weighted by Crippen LogP contribution is -2.46. The molecule has 0 aromatic heterocycles. The van der Waals surface area contributed by atoms with E-state index in [2.05, 4.69) is 10.6 Å². The monoisotopic (exact) mass is 302 g/mol. The van der Waals surface area contributed by atoms with Gasteiger partial charge in [0.15, 0.2) is 0 Å². The van der Waals surface area contributed by atoms with E-state index in [1.54, 1.807) is 23.9 Å². The number of rotatable bonds is 0. The summed E-state index contributed by atoms with van der Waals surface area (Å²) in [5, 5.41) is 5.81. The molecule has 2 N–H and O–H groups in total. The van der Waals surface area contributed by atoms with E-state index in [4.69, 9.17) is 23.2 Å². The van der Waals surface area contributed by atoms with Crippen LogP contribution in [0.2, 0.25) is 10.0 Å². The van der Waals surface area contributed by atoms with Gasteiger partial charge in [0.1, 0.15) is 5.54 Å². The molecular formula is C11H8Cl2N2O2S. The molecule has 2 aliphatic heterocycles. The van der Waals surface area contributed by atoms with Crippen molar-refractivity contribution >= 4 is 46.9 Å². The van der Waals surface area contributed by atoms with Crippen molar-refractivity contribution in [3.05, 3.63) is 27.7 Å². The van der Waals surface area contributed by atoms with Crippen molar-refractivity contribution in [3.63, 3.8) is 0 Å². The van der Waals surface area contributed by atoms with Crippen LogP contribution >= 0.6 is 35.0 Å². The van der Waals surface area contributed by atoms with Crippen molar-refractivity contribution in [2.24, 2.45) is 0 Å². The minimum absolute atomic E-state index is 0.326. The summed E-state index contributed by atoms with van der Waals surface area (Å²) in [5.74, 6) is 0.408. The zero-order valence-corrected chi connectivity index (χ0v) is 11.4. The smallest absolute Gasteiger partial charge is 0.319 e. The Kier molecular flexibility index (Phi) is 2.73. The molecule has 18 heavy (non-hydrogen) atoms. The highest BCUT2D eigenvalue weighted by Gasteiger charge is 2.50. The third-order valence-electron chi connectivity index (χ3n) is 3.16. The Morgan fingerprint density at radius 2 is 1.94 bits per heavy atom. The van der Waals surface area contributed by atoms with Crippen molar-refractivity contribution in [3.8, 4) is 0 Å². The average Bonchev–Trinajstić information content (AvgIpc) is 2.58. The molecule has 0 radical (unpaired) electrons. The number of urea groups is 1. The fraction of sp³-hybridized carbons (Fsp3) is 0.273. The van der Waals surface area contributed by atoms with Gasteiger partial charge in [0.05, 0.1) is 10.0 Å². The maximum Gasteiger partial charge on any atom is 0.322 e. The highest BCUT2D eigenvalue weighted by Crippen LogP contribution is 2.44. The molecule has 4 nitrogen and oxygen atoms in total. The molecule has 94 valence electrons. The second kappa shape index (κ2) is 4.05. The molecule has 0 aliphatic carbocycles. The lowest BCUT2D eigenvalue weighted by Gasteiger charge is -2.32. The Labute approximate surface area is 117 Å². The van der Waals surface area contributed by atoms with Gasteiger partial charge >= 0.3 is 6.03 Å². The second-order valence-corrected chi connectivity index (χ2v) is 6.13. The number of thioether (sulfide) groups is 1. The van der Waals surface area contributed by atoms with Gasteiger partial charge in [-0.25, -0.2) is 4.79 Å². The molecule has 7 heteroatoms. The zero-order valence-electron chi connectivity index (χ0n) is 9.05. The molecule has 1 atom stereocenters. The molecule has 2 heterocycles. The van der Waals surface area contributed by atoms with Gasteiger partial charge in [-0.2, -0.15) is 0 Å². The quantitative estimate of drug-likeness (QED) is 0.724. The van der Waals surface area contributed by atoms with Crippen molar-refractivity contribution in [1.29, 1.82) is 0 Å². The minimum atomic E-state index is -0.994. The second-order valence-electron chi connectivity index (χ2n) is 4.17. The standard InChI is InChI=1S/C11H8Cl2N2O2S/c12-6-3-5-8(4-7(6)13)18-2-1-11(5)9(16)14-10(17)15-11/h3-4H,1-2H2,(H2,14,15,16,17).